The van der Waals surface area contributed by atoms with Gasteiger partial charge in [0.05, 0.1) is 13.2 Å². The van der Waals surface area contributed by atoms with E-state index in [0.717, 1.165) is 17.7 Å². The Bertz CT molecular complexity index is 495. The normalized spacial score (nSPS) is 18.7. The summed E-state index contributed by atoms with van der Waals surface area (Å²) in [6.45, 7) is 6.73. The summed E-state index contributed by atoms with van der Waals surface area (Å²) < 4.78 is 11.2. The zero-order valence-electron chi connectivity index (χ0n) is 12.8. The van der Waals surface area contributed by atoms with Gasteiger partial charge in [-0.25, -0.2) is 4.79 Å². The van der Waals surface area contributed by atoms with E-state index in [1.807, 2.05) is 45.0 Å². The molecule has 1 aliphatic rings. The minimum absolute atomic E-state index is 0.00804. The van der Waals surface area contributed by atoms with E-state index in [1.54, 1.807) is 4.90 Å². The average Bonchev–Trinajstić information content (AvgIpc) is 2.85. The zero-order chi connectivity index (χ0) is 15.5. The second-order valence-corrected chi connectivity index (χ2v) is 6.26. The summed E-state index contributed by atoms with van der Waals surface area (Å²) in [7, 11) is 0. The van der Waals surface area contributed by atoms with Gasteiger partial charge in [0.1, 0.15) is 17.5 Å². The first-order valence-electron chi connectivity index (χ1n) is 7.22. The number of aliphatic hydroxyl groups is 1. The van der Waals surface area contributed by atoms with E-state index in [4.69, 9.17) is 14.6 Å². The number of nitrogens with zero attached hydrogens (tertiary/aromatic N) is 1. The van der Waals surface area contributed by atoms with E-state index in [1.165, 1.54) is 0 Å². The second-order valence-electron chi connectivity index (χ2n) is 6.26. The van der Waals surface area contributed by atoms with E-state index < -0.39 is 5.60 Å². The summed E-state index contributed by atoms with van der Waals surface area (Å²) in [4.78, 5) is 13.6. The lowest BCUT2D eigenvalue weighted by Gasteiger charge is -2.24. The molecule has 1 fully saturated rings. The van der Waals surface area contributed by atoms with Crippen molar-refractivity contribution in [2.45, 2.75) is 45.5 Å². The Morgan fingerprint density at radius 1 is 1.43 bits per heavy atom. The lowest BCUT2D eigenvalue weighted by atomic mass is 10.2. The monoisotopic (exact) mass is 293 g/mol. The van der Waals surface area contributed by atoms with Crippen LogP contribution in [0.4, 0.5) is 4.79 Å². The number of aliphatic hydroxyl groups excluding tert-OH is 1. The first kappa shape index (κ1) is 15.6. The van der Waals surface area contributed by atoms with Crippen molar-refractivity contribution in [3.05, 3.63) is 29.8 Å². The van der Waals surface area contributed by atoms with Gasteiger partial charge in [0.15, 0.2) is 0 Å². The molecule has 0 saturated carbocycles. The van der Waals surface area contributed by atoms with Gasteiger partial charge in [-0.1, -0.05) is 12.1 Å². The number of carbonyl (C=O) groups is 1. The van der Waals surface area contributed by atoms with Crippen LogP contribution in [0.15, 0.2) is 24.3 Å². The molecule has 1 saturated heterocycles. The van der Waals surface area contributed by atoms with E-state index in [-0.39, 0.29) is 18.8 Å². The quantitative estimate of drug-likeness (QED) is 0.930. The van der Waals surface area contributed by atoms with Crippen molar-refractivity contribution in [1.29, 1.82) is 0 Å². The van der Waals surface area contributed by atoms with Crippen molar-refractivity contribution >= 4 is 6.09 Å². The first-order valence-corrected chi connectivity index (χ1v) is 7.22. The Morgan fingerprint density at radius 2 is 2.19 bits per heavy atom. The Balaban J connectivity index is 1.89. The van der Waals surface area contributed by atoms with Crippen LogP contribution in [0.1, 0.15) is 32.8 Å². The van der Waals surface area contributed by atoms with Crippen LogP contribution in [0.25, 0.3) is 0 Å². The molecule has 1 atom stereocenters. The minimum atomic E-state index is -0.481. The molecule has 1 aliphatic heterocycles. The smallest absolute Gasteiger partial charge is 0.410 e. The van der Waals surface area contributed by atoms with Crippen molar-refractivity contribution in [2.24, 2.45) is 0 Å². The van der Waals surface area contributed by atoms with Gasteiger partial charge >= 0.3 is 6.09 Å². The molecule has 1 heterocycles. The fourth-order valence-electron chi connectivity index (χ4n) is 2.23. The van der Waals surface area contributed by atoms with Gasteiger partial charge < -0.3 is 19.5 Å². The Morgan fingerprint density at radius 3 is 2.86 bits per heavy atom. The molecule has 1 N–H and O–H groups in total. The molecular formula is C16H23NO4. The van der Waals surface area contributed by atoms with Crippen LogP contribution in [0.2, 0.25) is 0 Å². The number of hydrogen-bond acceptors (Lipinski definition) is 4. The molecular weight excluding hydrogens is 270 g/mol. The first-order chi connectivity index (χ1) is 9.87. The standard InChI is InChI=1S/C16H23NO4/c1-16(2,3)21-15(19)17-8-7-14(10-17)20-13-6-4-5-12(9-13)11-18/h4-6,9,14,18H,7-8,10-11H2,1-3H3/t14-/m1/s1. The van der Waals surface area contributed by atoms with E-state index in [2.05, 4.69) is 0 Å². The molecule has 1 aromatic carbocycles. The van der Waals surface area contributed by atoms with Gasteiger partial charge in [-0.3, -0.25) is 0 Å². The van der Waals surface area contributed by atoms with Crippen molar-refractivity contribution in [3.63, 3.8) is 0 Å². The Kier molecular flexibility index (Phi) is 4.73. The molecule has 0 radical (unpaired) electrons. The van der Waals surface area contributed by atoms with Crippen molar-refractivity contribution in [1.82, 2.24) is 4.90 Å². The third kappa shape index (κ3) is 4.63. The molecule has 1 amide bonds. The number of carbonyl (C=O) groups excluding carboxylic acids is 1. The summed E-state index contributed by atoms with van der Waals surface area (Å²) >= 11 is 0. The maximum atomic E-state index is 12.0. The number of rotatable bonds is 3. The third-order valence-electron chi connectivity index (χ3n) is 3.18. The van der Waals surface area contributed by atoms with Crippen molar-refractivity contribution in [2.75, 3.05) is 13.1 Å². The maximum absolute atomic E-state index is 12.0. The number of likely N-dealkylation sites (tertiary alicyclic amines) is 1. The largest absolute Gasteiger partial charge is 0.489 e. The average molecular weight is 293 g/mol. The molecule has 1 aromatic rings. The van der Waals surface area contributed by atoms with E-state index in [9.17, 15) is 4.79 Å². The van der Waals surface area contributed by atoms with Crippen molar-refractivity contribution in [3.8, 4) is 5.75 Å². The summed E-state index contributed by atoms with van der Waals surface area (Å²) in [5, 5.41) is 9.12. The summed E-state index contributed by atoms with van der Waals surface area (Å²) in [6, 6.07) is 7.36. The van der Waals surface area contributed by atoms with Gasteiger partial charge in [-0.2, -0.15) is 0 Å². The van der Waals surface area contributed by atoms with Gasteiger partial charge in [0, 0.05) is 13.0 Å². The summed E-state index contributed by atoms with van der Waals surface area (Å²) in [5.74, 6) is 0.720. The fraction of sp³-hybridized carbons (Fsp3) is 0.562. The molecule has 0 unspecified atom stereocenters. The second kappa shape index (κ2) is 6.35. The van der Waals surface area contributed by atoms with Gasteiger partial charge in [-0.15, -0.1) is 0 Å². The lowest BCUT2D eigenvalue weighted by Crippen LogP contribution is -2.36. The van der Waals surface area contributed by atoms with Crippen LogP contribution < -0.4 is 4.74 Å². The van der Waals surface area contributed by atoms with Crippen LogP contribution in [-0.2, 0) is 11.3 Å². The molecule has 0 spiro atoms. The van der Waals surface area contributed by atoms with Gasteiger partial charge in [0.2, 0.25) is 0 Å². The number of hydrogen-bond donors (Lipinski definition) is 1. The molecule has 21 heavy (non-hydrogen) atoms. The molecule has 0 bridgehead atoms. The highest BCUT2D eigenvalue weighted by Gasteiger charge is 2.30. The summed E-state index contributed by atoms with van der Waals surface area (Å²) in [6.07, 6.45) is 0.451. The third-order valence-corrected chi connectivity index (χ3v) is 3.18. The van der Waals surface area contributed by atoms with Gasteiger partial charge in [-0.05, 0) is 38.5 Å². The molecule has 5 nitrogen and oxygen atoms in total. The highest BCUT2D eigenvalue weighted by molar-refractivity contribution is 5.68. The fourth-order valence-corrected chi connectivity index (χ4v) is 2.23. The van der Waals surface area contributed by atoms with Crippen LogP contribution >= 0.6 is 0 Å². The topological polar surface area (TPSA) is 59.0 Å². The van der Waals surface area contributed by atoms with Crippen LogP contribution in [0, 0.1) is 0 Å². The predicted molar refractivity (Wildman–Crippen MR) is 79.2 cm³/mol. The Labute approximate surface area is 125 Å². The highest BCUT2D eigenvalue weighted by Crippen LogP contribution is 2.21. The van der Waals surface area contributed by atoms with Crippen molar-refractivity contribution < 1.29 is 19.4 Å². The molecule has 2 rings (SSSR count). The van der Waals surface area contributed by atoms with E-state index >= 15 is 0 Å². The predicted octanol–water partition coefficient (Wildman–Crippen LogP) is 2.57. The molecule has 0 aliphatic carbocycles. The van der Waals surface area contributed by atoms with Crippen LogP contribution in [0.5, 0.6) is 5.75 Å². The summed E-state index contributed by atoms with van der Waals surface area (Å²) in [5.41, 5.74) is 0.334. The van der Waals surface area contributed by atoms with Gasteiger partial charge in [0.25, 0.3) is 0 Å². The Hall–Kier alpha value is -1.75. The number of ether oxygens (including phenoxy) is 2. The van der Waals surface area contributed by atoms with E-state index in [0.29, 0.717) is 13.1 Å². The molecule has 0 aromatic heterocycles. The molecule has 5 heteroatoms. The minimum Gasteiger partial charge on any atom is -0.489 e. The zero-order valence-corrected chi connectivity index (χ0v) is 12.8. The lowest BCUT2D eigenvalue weighted by molar-refractivity contribution is 0.0275. The maximum Gasteiger partial charge on any atom is 0.410 e. The highest BCUT2D eigenvalue weighted by atomic mass is 16.6. The molecule has 116 valence electrons. The van der Waals surface area contributed by atoms with Crippen LogP contribution in [0.3, 0.4) is 0 Å². The SMILES string of the molecule is CC(C)(C)OC(=O)N1CC[C@@H](Oc2cccc(CO)c2)C1. The number of benzene rings is 1. The number of amides is 1. The van der Waals surface area contributed by atoms with Crippen LogP contribution in [-0.4, -0.2) is 40.9 Å².